The fourth-order valence-corrected chi connectivity index (χ4v) is 3.22. The smallest absolute Gasteiger partial charge is 0.227 e. The third kappa shape index (κ3) is 5.57. The molecule has 0 unspecified atom stereocenters. The molecule has 0 fully saturated rings. The molecule has 32 heavy (non-hydrogen) atoms. The van der Waals surface area contributed by atoms with Crippen LogP contribution in [0.25, 0.3) is 11.4 Å². The number of aryl methyl sites for hydroxylation is 1. The highest BCUT2D eigenvalue weighted by atomic mass is 16.5. The molecule has 0 saturated heterocycles. The normalized spacial score (nSPS) is 10.8. The van der Waals surface area contributed by atoms with Crippen LogP contribution >= 0.6 is 0 Å². The topological polar surface area (TPSA) is 95.7 Å². The number of nitrogens with one attached hydrogen (secondary N) is 1. The second-order valence-corrected chi connectivity index (χ2v) is 7.58. The van der Waals surface area contributed by atoms with Crippen LogP contribution in [0.1, 0.15) is 43.2 Å². The van der Waals surface area contributed by atoms with Gasteiger partial charge in [0.15, 0.2) is 11.5 Å². The zero-order chi connectivity index (χ0) is 23.1. The third-order valence-electron chi connectivity index (χ3n) is 5.13. The predicted octanol–water partition coefficient (Wildman–Crippen LogP) is 4.13. The number of ether oxygens (including phenoxy) is 3. The van der Waals surface area contributed by atoms with Crippen LogP contribution in [-0.2, 0) is 17.8 Å². The van der Waals surface area contributed by atoms with E-state index in [0.29, 0.717) is 47.8 Å². The first-order chi connectivity index (χ1) is 15.4. The van der Waals surface area contributed by atoms with E-state index in [2.05, 4.69) is 41.4 Å². The van der Waals surface area contributed by atoms with Crippen LogP contribution in [0.5, 0.6) is 17.2 Å². The quantitative estimate of drug-likeness (QED) is 0.507. The highest BCUT2D eigenvalue weighted by Gasteiger charge is 2.14. The van der Waals surface area contributed by atoms with Gasteiger partial charge in [-0.25, -0.2) is 0 Å². The first-order valence-corrected chi connectivity index (χ1v) is 10.4. The Bertz CT molecular complexity index is 1040. The minimum Gasteiger partial charge on any atom is -0.496 e. The van der Waals surface area contributed by atoms with Crippen molar-refractivity contribution in [2.75, 3.05) is 21.3 Å². The SMILES string of the molecule is COc1cc(OC)c(OC)cc1CNC(=O)CCc1nc(-c2ccc(C(C)C)cc2)no1. The van der Waals surface area contributed by atoms with Crippen molar-refractivity contribution < 1.29 is 23.5 Å². The lowest BCUT2D eigenvalue weighted by atomic mass is 10.0. The van der Waals surface area contributed by atoms with E-state index in [-0.39, 0.29) is 12.3 Å². The number of nitrogens with zero attached hydrogens (tertiary/aromatic N) is 2. The van der Waals surface area contributed by atoms with E-state index in [1.807, 2.05) is 12.1 Å². The predicted molar refractivity (Wildman–Crippen MR) is 120 cm³/mol. The van der Waals surface area contributed by atoms with Crippen molar-refractivity contribution >= 4 is 5.91 Å². The minimum atomic E-state index is -0.136. The van der Waals surface area contributed by atoms with Gasteiger partial charge in [-0.1, -0.05) is 43.3 Å². The highest BCUT2D eigenvalue weighted by Crippen LogP contribution is 2.34. The minimum absolute atomic E-state index is 0.136. The molecule has 0 bridgehead atoms. The molecule has 0 radical (unpaired) electrons. The van der Waals surface area contributed by atoms with Crippen LogP contribution in [0.4, 0.5) is 0 Å². The Balaban J connectivity index is 1.56. The molecule has 3 aromatic rings. The lowest BCUT2D eigenvalue weighted by Crippen LogP contribution is -2.23. The highest BCUT2D eigenvalue weighted by molar-refractivity contribution is 5.76. The summed E-state index contributed by atoms with van der Waals surface area (Å²) < 4.78 is 21.3. The van der Waals surface area contributed by atoms with E-state index in [4.69, 9.17) is 18.7 Å². The molecular formula is C24H29N3O5. The molecule has 1 heterocycles. The maximum Gasteiger partial charge on any atom is 0.227 e. The number of hydrogen-bond acceptors (Lipinski definition) is 7. The Morgan fingerprint density at radius 2 is 1.66 bits per heavy atom. The Labute approximate surface area is 187 Å². The molecule has 3 rings (SSSR count). The van der Waals surface area contributed by atoms with E-state index in [1.165, 1.54) is 5.56 Å². The molecule has 0 atom stereocenters. The van der Waals surface area contributed by atoms with E-state index >= 15 is 0 Å². The van der Waals surface area contributed by atoms with Gasteiger partial charge in [0.05, 0.1) is 21.3 Å². The summed E-state index contributed by atoms with van der Waals surface area (Å²) in [6.45, 7) is 4.58. The summed E-state index contributed by atoms with van der Waals surface area (Å²) in [7, 11) is 4.68. The fourth-order valence-electron chi connectivity index (χ4n) is 3.22. The molecule has 8 nitrogen and oxygen atoms in total. The maximum absolute atomic E-state index is 12.3. The number of carbonyl (C=O) groups is 1. The van der Waals surface area contributed by atoms with Gasteiger partial charge < -0.3 is 24.1 Å². The lowest BCUT2D eigenvalue weighted by Gasteiger charge is -2.14. The van der Waals surface area contributed by atoms with Crippen molar-refractivity contribution in [1.29, 1.82) is 0 Å². The lowest BCUT2D eigenvalue weighted by molar-refractivity contribution is -0.121. The van der Waals surface area contributed by atoms with Gasteiger partial charge in [-0.3, -0.25) is 4.79 Å². The number of carbonyl (C=O) groups excluding carboxylic acids is 1. The zero-order valence-corrected chi connectivity index (χ0v) is 19.1. The molecule has 0 saturated carbocycles. The Kier molecular flexibility index (Phi) is 7.70. The van der Waals surface area contributed by atoms with Gasteiger partial charge in [0.1, 0.15) is 5.75 Å². The maximum atomic E-state index is 12.3. The summed E-state index contributed by atoms with van der Waals surface area (Å²) in [4.78, 5) is 16.8. The van der Waals surface area contributed by atoms with Crippen molar-refractivity contribution in [1.82, 2.24) is 15.5 Å². The molecular weight excluding hydrogens is 410 g/mol. The Morgan fingerprint density at radius 3 is 2.28 bits per heavy atom. The van der Waals surface area contributed by atoms with Crippen molar-refractivity contribution in [3.8, 4) is 28.6 Å². The summed E-state index contributed by atoms with van der Waals surface area (Å²) in [5, 5.41) is 6.91. The van der Waals surface area contributed by atoms with Crippen molar-refractivity contribution in [3.63, 3.8) is 0 Å². The largest absolute Gasteiger partial charge is 0.496 e. The van der Waals surface area contributed by atoms with Gasteiger partial charge >= 0.3 is 0 Å². The number of aromatic nitrogens is 2. The number of rotatable bonds is 10. The first-order valence-electron chi connectivity index (χ1n) is 10.4. The van der Waals surface area contributed by atoms with E-state index in [1.54, 1.807) is 33.5 Å². The number of benzene rings is 2. The number of methoxy groups -OCH3 is 3. The zero-order valence-electron chi connectivity index (χ0n) is 19.1. The van der Waals surface area contributed by atoms with E-state index in [9.17, 15) is 4.79 Å². The number of amides is 1. The summed E-state index contributed by atoms with van der Waals surface area (Å²) in [5.41, 5.74) is 2.91. The average molecular weight is 440 g/mol. The fraction of sp³-hybridized carbons (Fsp3) is 0.375. The van der Waals surface area contributed by atoms with Gasteiger partial charge in [-0.05, 0) is 17.5 Å². The third-order valence-corrected chi connectivity index (χ3v) is 5.13. The Morgan fingerprint density at radius 1 is 1.00 bits per heavy atom. The van der Waals surface area contributed by atoms with E-state index < -0.39 is 0 Å². The van der Waals surface area contributed by atoms with Crippen molar-refractivity contribution in [2.24, 2.45) is 0 Å². The summed E-state index contributed by atoms with van der Waals surface area (Å²) in [6.07, 6.45) is 0.579. The van der Waals surface area contributed by atoms with Gasteiger partial charge in [-0.2, -0.15) is 4.98 Å². The second-order valence-electron chi connectivity index (χ2n) is 7.58. The van der Waals surface area contributed by atoms with Crippen molar-refractivity contribution in [3.05, 3.63) is 53.4 Å². The summed E-state index contributed by atoms with van der Waals surface area (Å²) >= 11 is 0. The van der Waals surface area contributed by atoms with Crippen LogP contribution in [-0.4, -0.2) is 37.4 Å². The molecule has 1 aromatic heterocycles. The van der Waals surface area contributed by atoms with Gasteiger partial charge in [0, 0.05) is 36.6 Å². The molecule has 0 aliphatic heterocycles. The van der Waals surface area contributed by atoms with Crippen LogP contribution in [0, 0.1) is 0 Å². The molecule has 170 valence electrons. The van der Waals surface area contributed by atoms with Crippen LogP contribution in [0.3, 0.4) is 0 Å². The number of hydrogen-bond donors (Lipinski definition) is 1. The second kappa shape index (κ2) is 10.7. The first kappa shape index (κ1) is 23.1. The van der Waals surface area contributed by atoms with E-state index in [0.717, 1.165) is 11.1 Å². The monoisotopic (exact) mass is 439 g/mol. The van der Waals surface area contributed by atoms with Gasteiger partial charge in [0.2, 0.25) is 17.6 Å². The summed E-state index contributed by atoms with van der Waals surface area (Å²) in [6, 6.07) is 11.6. The molecule has 0 aliphatic carbocycles. The van der Waals surface area contributed by atoms with Crippen molar-refractivity contribution in [2.45, 2.75) is 39.2 Å². The summed E-state index contributed by atoms with van der Waals surface area (Å²) in [5.74, 6) is 3.00. The van der Waals surface area contributed by atoms with Gasteiger partial charge in [-0.15, -0.1) is 0 Å². The van der Waals surface area contributed by atoms with Crippen LogP contribution in [0.15, 0.2) is 40.9 Å². The molecule has 1 N–H and O–H groups in total. The molecule has 2 aromatic carbocycles. The average Bonchev–Trinajstić information content (AvgIpc) is 3.29. The van der Waals surface area contributed by atoms with Crippen LogP contribution in [0.2, 0.25) is 0 Å². The molecule has 8 heteroatoms. The molecule has 0 aliphatic rings. The van der Waals surface area contributed by atoms with Gasteiger partial charge in [0.25, 0.3) is 0 Å². The molecule has 1 amide bonds. The Hall–Kier alpha value is -3.55. The molecule has 0 spiro atoms. The van der Waals surface area contributed by atoms with Crippen LogP contribution < -0.4 is 19.5 Å². The standard InChI is InChI=1S/C24H29N3O5/c1-15(2)16-6-8-17(9-7-16)24-26-23(32-27-24)11-10-22(28)25-14-18-12-20(30-4)21(31-5)13-19(18)29-3/h6-9,12-13,15H,10-11,14H2,1-5H3,(H,25,28).